The third-order valence-electron chi connectivity index (χ3n) is 4.65. The highest BCUT2D eigenvalue weighted by molar-refractivity contribution is 7.99. The van der Waals surface area contributed by atoms with Crippen LogP contribution in [0.1, 0.15) is 29.1 Å². The molecule has 2 amide bonds. The number of nitro benzene ring substituents is 1. The quantitative estimate of drug-likeness (QED) is 0.163. The molecule has 0 spiro atoms. The highest BCUT2D eigenvalue weighted by Crippen LogP contribution is 2.27. The van der Waals surface area contributed by atoms with Gasteiger partial charge in [-0.3, -0.25) is 19.7 Å². The number of non-ortho nitro benzene ring substituents is 1. The number of nitro groups is 1. The van der Waals surface area contributed by atoms with Crippen LogP contribution in [0.3, 0.4) is 0 Å². The number of rotatable bonds is 10. The van der Waals surface area contributed by atoms with Gasteiger partial charge in [-0.15, -0.1) is 16.8 Å². The van der Waals surface area contributed by atoms with Gasteiger partial charge in [0, 0.05) is 29.3 Å². The van der Waals surface area contributed by atoms with Gasteiger partial charge < -0.3 is 15.2 Å². The van der Waals surface area contributed by atoms with E-state index in [-0.39, 0.29) is 28.1 Å². The highest BCUT2D eigenvalue weighted by Gasteiger charge is 2.21. The molecule has 1 atom stereocenters. The van der Waals surface area contributed by atoms with Crippen molar-refractivity contribution in [2.45, 2.75) is 24.7 Å². The number of thioether (sulfide) groups is 1. The summed E-state index contributed by atoms with van der Waals surface area (Å²) in [7, 11) is 0. The van der Waals surface area contributed by atoms with Crippen molar-refractivity contribution >= 4 is 58.2 Å². The van der Waals surface area contributed by atoms with Crippen molar-refractivity contribution in [1.29, 1.82) is 0 Å². The van der Waals surface area contributed by atoms with Crippen LogP contribution in [0.5, 0.6) is 0 Å². The summed E-state index contributed by atoms with van der Waals surface area (Å²) >= 11 is 13.1. The second-order valence-electron chi connectivity index (χ2n) is 7.20. The molecule has 13 heteroatoms. The molecule has 0 aliphatic rings. The van der Waals surface area contributed by atoms with Crippen molar-refractivity contribution in [2.24, 2.45) is 0 Å². The average Bonchev–Trinajstić information content (AvgIpc) is 3.22. The number of anilines is 1. The predicted octanol–water partition coefficient (Wildman–Crippen LogP) is 4.90. The molecule has 0 aliphatic heterocycles. The summed E-state index contributed by atoms with van der Waals surface area (Å²) in [4.78, 5) is 35.4. The minimum absolute atomic E-state index is 0.0580. The zero-order valence-corrected chi connectivity index (χ0v) is 20.7. The lowest BCUT2D eigenvalue weighted by molar-refractivity contribution is -0.384. The van der Waals surface area contributed by atoms with Crippen LogP contribution in [0.4, 0.5) is 11.4 Å². The number of nitrogens with zero attached hydrogens (tertiary/aromatic N) is 4. The third-order valence-corrected chi connectivity index (χ3v) is 6.18. The molecule has 0 saturated heterocycles. The summed E-state index contributed by atoms with van der Waals surface area (Å²) in [6, 6.07) is 9.85. The molecule has 0 bridgehead atoms. The van der Waals surface area contributed by atoms with Gasteiger partial charge in [0.15, 0.2) is 11.0 Å². The standard InChI is InChI=1S/C22H20Cl2N6O4S/c1-3-9-29-20(13(2)25-21(32)14-5-4-6-15(23)10-14)27-28-22(29)35-12-19(31)26-18-11-16(30(33)34)7-8-17(18)24/h3-8,10-11,13H,1,9,12H2,2H3,(H,25,32)(H,26,31). The zero-order chi connectivity index (χ0) is 25.5. The number of benzene rings is 2. The number of halogens is 2. The molecular formula is C22H20Cl2N6O4S. The van der Waals surface area contributed by atoms with Crippen LogP contribution >= 0.6 is 35.0 Å². The summed E-state index contributed by atoms with van der Waals surface area (Å²) in [5.74, 6) is -0.340. The fraction of sp³-hybridized carbons (Fsp3) is 0.182. The van der Waals surface area contributed by atoms with E-state index in [0.717, 1.165) is 11.8 Å². The first-order valence-electron chi connectivity index (χ1n) is 10.2. The molecule has 1 aromatic heterocycles. The largest absolute Gasteiger partial charge is 0.342 e. The normalized spacial score (nSPS) is 11.5. The van der Waals surface area contributed by atoms with Crippen LogP contribution in [-0.2, 0) is 11.3 Å². The Morgan fingerprint density at radius 3 is 2.71 bits per heavy atom. The van der Waals surface area contributed by atoms with E-state index in [1.807, 2.05) is 0 Å². The number of nitrogens with one attached hydrogen (secondary N) is 2. The van der Waals surface area contributed by atoms with Crippen LogP contribution < -0.4 is 10.6 Å². The van der Waals surface area contributed by atoms with Gasteiger partial charge in [0.2, 0.25) is 5.91 Å². The summed E-state index contributed by atoms with van der Waals surface area (Å²) in [5.41, 5.74) is 0.351. The number of hydrogen-bond acceptors (Lipinski definition) is 7. The lowest BCUT2D eigenvalue weighted by Gasteiger charge is -2.15. The number of carbonyl (C=O) groups excluding carboxylic acids is 2. The monoisotopic (exact) mass is 534 g/mol. The van der Waals surface area contributed by atoms with Gasteiger partial charge >= 0.3 is 0 Å². The Kier molecular flexibility index (Phi) is 8.85. The number of hydrogen-bond donors (Lipinski definition) is 2. The van der Waals surface area contributed by atoms with Gasteiger partial charge in [-0.25, -0.2) is 0 Å². The minimum Gasteiger partial charge on any atom is -0.342 e. The molecule has 35 heavy (non-hydrogen) atoms. The van der Waals surface area contributed by atoms with E-state index in [1.54, 1.807) is 41.8 Å². The van der Waals surface area contributed by atoms with Crippen LogP contribution in [0.15, 0.2) is 60.3 Å². The first kappa shape index (κ1) is 26.2. The number of allylic oxidation sites excluding steroid dienone is 1. The van der Waals surface area contributed by atoms with E-state index in [1.165, 1.54) is 18.2 Å². The predicted molar refractivity (Wildman–Crippen MR) is 135 cm³/mol. The second-order valence-corrected chi connectivity index (χ2v) is 8.99. The number of aromatic nitrogens is 3. The lowest BCUT2D eigenvalue weighted by atomic mass is 10.2. The van der Waals surface area contributed by atoms with E-state index in [4.69, 9.17) is 23.2 Å². The van der Waals surface area contributed by atoms with E-state index >= 15 is 0 Å². The fourth-order valence-electron chi connectivity index (χ4n) is 3.04. The molecule has 2 aromatic carbocycles. The van der Waals surface area contributed by atoms with Crippen molar-refractivity contribution in [3.8, 4) is 0 Å². The molecule has 1 unspecified atom stereocenters. The molecule has 0 fully saturated rings. The highest BCUT2D eigenvalue weighted by atomic mass is 35.5. The molecular weight excluding hydrogens is 515 g/mol. The van der Waals surface area contributed by atoms with Gasteiger partial charge in [0.05, 0.1) is 27.4 Å². The van der Waals surface area contributed by atoms with Crippen molar-refractivity contribution in [2.75, 3.05) is 11.1 Å². The van der Waals surface area contributed by atoms with Gasteiger partial charge in [-0.05, 0) is 31.2 Å². The van der Waals surface area contributed by atoms with Crippen LogP contribution in [0.2, 0.25) is 10.0 Å². The Morgan fingerprint density at radius 1 is 1.26 bits per heavy atom. The molecule has 2 N–H and O–H groups in total. The Bertz CT molecular complexity index is 1280. The SMILES string of the molecule is C=CCn1c(SCC(=O)Nc2cc([N+](=O)[O-])ccc2Cl)nnc1C(C)NC(=O)c1cccc(Cl)c1. The molecule has 0 radical (unpaired) electrons. The zero-order valence-electron chi connectivity index (χ0n) is 18.4. The maximum absolute atomic E-state index is 12.6. The molecule has 10 nitrogen and oxygen atoms in total. The van der Waals surface area contributed by atoms with Gasteiger partial charge in [0.25, 0.3) is 11.6 Å². The first-order valence-corrected chi connectivity index (χ1v) is 11.9. The van der Waals surface area contributed by atoms with Gasteiger partial charge in [-0.2, -0.15) is 0 Å². The Labute approximate surface area is 214 Å². The van der Waals surface area contributed by atoms with E-state index in [2.05, 4.69) is 27.4 Å². The Balaban J connectivity index is 1.68. The van der Waals surface area contributed by atoms with Crippen LogP contribution in [-0.4, -0.2) is 37.3 Å². The average molecular weight is 535 g/mol. The van der Waals surface area contributed by atoms with Crippen molar-refractivity contribution in [3.63, 3.8) is 0 Å². The molecule has 182 valence electrons. The van der Waals surface area contributed by atoms with Crippen molar-refractivity contribution in [1.82, 2.24) is 20.1 Å². The maximum atomic E-state index is 12.6. The topological polar surface area (TPSA) is 132 Å². The minimum atomic E-state index is -0.577. The van der Waals surface area contributed by atoms with Crippen molar-refractivity contribution in [3.05, 3.63) is 86.7 Å². The maximum Gasteiger partial charge on any atom is 0.271 e. The smallest absolute Gasteiger partial charge is 0.271 e. The summed E-state index contributed by atoms with van der Waals surface area (Å²) in [5, 5.41) is 25.8. The molecule has 1 heterocycles. The Morgan fingerprint density at radius 2 is 2.03 bits per heavy atom. The van der Waals surface area contributed by atoms with E-state index in [9.17, 15) is 19.7 Å². The third kappa shape index (κ3) is 6.81. The molecule has 0 aliphatic carbocycles. The fourth-order valence-corrected chi connectivity index (χ4v) is 4.15. The number of amides is 2. The summed E-state index contributed by atoms with van der Waals surface area (Å²) < 4.78 is 1.73. The lowest BCUT2D eigenvalue weighted by Crippen LogP contribution is -2.28. The van der Waals surface area contributed by atoms with Gasteiger partial charge in [0.1, 0.15) is 0 Å². The van der Waals surface area contributed by atoms with Gasteiger partial charge in [-0.1, -0.05) is 47.1 Å². The van der Waals surface area contributed by atoms with E-state index < -0.39 is 16.9 Å². The van der Waals surface area contributed by atoms with Crippen LogP contribution in [0, 0.1) is 10.1 Å². The molecule has 3 rings (SSSR count). The Hall–Kier alpha value is -3.41. The number of carbonyl (C=O) groups is 2. The molecule has 0 saturated carbocycles. The summed E-state index contributed by atoms with van der Waals surface area (Å²) in [6.45, 7) is 5.85. The molecule has 3 aromatic rings. The second kappa shape index (κ2) is 11.8. The summed E-state index contributed by atoms with van der Waals surface area (Å²) in [6.07, 6.45) is 1.64. The van der Waals surface area contributed by atoms with Crippen molar-refractivity contribution < 1.29 is 14.5 Å². The first-order chi connectivity index (χ1) is 16.7. The van der Waals surface area contributed by atoms with Crippen LogP contribution in [0.25, 0.3) is 0 Å². The van der Waals surface area contributed by atoms with E-state index in [0.29, 0.717) is 28.1 Å².